The number of nitrogens with zero attached hydrogens (tertiary/aromatic N) is 2. The van der Waals surface area contributed by atoms with Crippen LogP contribution < -0.4 is 5.32 Å². The monoisotopic (exact) mass is 402 g/mol. The fourth-order valence-electron chi connectivity index (χ4n) is 3.32. The molecule has 2 N–H and O–H groups in total. The molecule has 8 heteroatoms. The lowest BCUT2D eigenvalue weighted by Crippen LogP contribution is -2.43. The van der Waals surface area contributed by atoms with Crippen LogP contribution in [0.1, 0.15) is 23.2 Å². The van der Waals surface area contributed by atoms with E-state index in [2.05, 4.69) is 15.5 Å². The average Bonchev–Trinajstić information content (AvgIpc) is 3.32. The molecule has 138 valence electrons. The molecule has 0 spiro atoms. The molecule has 1 fully saturated rings. The molecule has 0 radical (unpaired) electrons. The third kappa shape index (κ3) is 3.50. The van der Waals surface area contributed by atoms with E-state index in [4.69, 9.17) is 23.2 Å². The highest BCUT2D eigenvalue weighted by atomic mass is 35.5. The van der Waals surface area contributed by atoms with Crippen LogP contribution in [-0.4, -0.2) is 39.5 Å². The summed E-state index contributed by atoms with van der Waals surface area (Å²) in [4.78, 5) is 27.2. The number of hydrogen-bond acceptors (Lipinski definition) is 3. The number of aromatic amines is 1. The molecule has 0 aliphatic carbocycles. The van der Waals surface area contributed by atoms with Gasteiger partial charge in [-0.2, -0.15) is 5.10 Å². The highest BCUT2D eigenvalue weighted by Gasteiger charge is 2.34. The number of likely N-dealkylation sites (tertiary alicyclic amines) is 1. The fraction of sp³-hybridized carbons (Fsp3) is 0.211. The zero-order chi connectivity index (χ0) is 19.0. The molecule has 2 aromatic carbocycles. The Morgan fingerprint density at radius 1 is 1.15 bits per heavy atom. The van der Waals surface area contributed by atoms with Crippen LogP contribution in [-0.2, 0) is 4.79 Å². The van der Waals surface area contributed by atoms with Gasteiger partial charge >= 0.3 is 0 Å². The molecule has 1 saturated heterocycles. The van der Waals surface area contributed by atoms with Crippen LogP contribution in [0.2, 0.25) is 10.0 Å². The van der Waals surface area contributed by atoms with Crippen molar-refractivity contribution >= 4 is 51.6 Å². The Labute approximate surface area is 165 Å². The summed E-state index contributed by atoms with van der Waals surface area (Å²) in [5, 5.41) is 11.3. The van der Waals surface area contributed by atoms with Crippen molar-refractivity contribution in [3.8, 4) is 0 Å². The second kappa shape index (κ2) is 7.21. The number of anilines is 1. The molecule has 3 aromatic rings. The van der Waals surface area contributed by atoms with E-state index in [9.17, 15) is 9.59 Å². The molecule has 1 aliphatic rings. The summed E-state index contributed by atoms with van der Waals surface area (Å²) in [6, 6.07) is 9.72. The molecule has 1 aromatic heterocycles. The van der Waals surface area contributed by atoms with Crippen LogP contribution in [0.4, 0.5) is 5.69 Å². The predicted molar refractivity (Wildman–Crippen MR) is 105 cm³/mol. The topological polar surface area (TPSA) is 78.1 Å². The standard InChI is InChI=1S/C19H16Cl2N4O2/c20-14-5-3-11(9-15(14)21)19(27)25-7-1-2-17(25)18(26)23-13-4-6-16-12(8-13)10-22-24-16/h3-6,8-10,17H,1-2,7H2,(H,22,24)(H,23,26). The van der Waals surface area contributed by atoms with Crippen molar-refractivity contribution in [2.75, 3.05) is 11.9 Å². The third-order valence-electron chi connectivity index (χ3n) is 4.69. The van der Waals surface area contributed by atoms with Crippen molar-refractivity contribution in [2.24, 2.45) is 0 Å². The summed E-state index contributed by atoms with van der Waals surface area (Å²) in [5.41, 5.74) is 1.98. The molecular formula is C19H16Cl2N4O2. The molecule has 1 aliphatic heterocycles. The maximum atomic E-state index is 12.8. The summed E-state index contributed by atoms with van der Waals surface area (Å²) in [7, 11) is 0. The first kappa shape index (κ1) is 17.8. The number of halogens is 2. The molecule has 4 rings (SSSR count). The van der Waals surface area contributed by atoms with Crippen LogP contribution in [0.15, 0.2) is 42.6 Å². The van der Waals surface area contributed by atoms with E-state index < -0.39 is 6.04 Å². The smallest absolute Gasteiger partial charge is 0.254 e. The van der Waals surface area contributed by atoms with E-state index >= 15 is 0 Å². The molecule has 0 saturated carbocycles. The van der Waals surface area contributed by atoms with Gasteiger partial charge in [-0.05, 0) is 49.2 Å². The number of amides is 2. The molecule has 0 bridgehead atoms. The SMILES string of the molecule is O=C(Nc1ccc2[nH]ncc2c1)C1CCCN1C(=O)c1ccc(Cl)c(Cl)c1. The minimum Gasteiger partial charge on any atom is -0.327 e. The molecule has 27 heavy (non-hydrogen) atoms. The van der Waals surface area contributed by atoms with Gasteiger partial charge in [0.2, 0.25) is 5.91 Å². The quantitative estimate of drug-likeness (QED) is 0.691. The van der Waals surface area contributed by atoms with Crippen LogP contribution in [0, 0.1) is 0 Å². The Hall–Kier alpha value is -2.57. The maximum Gasteiger partial charge on any atom is 0.254 e. The van der Waals surface area contributed by atoms with Crippen LogP contribution in [0.25, 0.3) is 10.9 Å². The van der Waals surface area contributed by atoms with E-state index in [-0.39, 0.29) is 11.8 Å². The van der Waals surface area contributed by atoms with Crippen molar-refractivity contribution in [2.45, 2.75) is 18.9 Å². The van der Waals surface area contributed by atoms with E-state index in [1.54, 1.807) is 29.3 Å². The highest BCUT2D eigenvalue weighted by molar-refractivity contribution is 6.42. The van der Waals surface area contributed by atoms with Crippen LogP contribution in [0.5, 0.6) is 0 Å². The number of fused-ring (bicyclic) bond motifs is 1. The number of hydrogen-bond donors (Lipinski definition) is 2. The first-order valence-electron chi connectivity index (χ1n) is 8.53. The lowest BCUT2D eigenvalue weighted by molar-refractivity contribution is -0.119. The Balaban J connectivity index is 1.52. The summed E-state index contributed by atoms with van der Waals surface area (Å²) < 4.78 is 0. The minimum atomic E-state index is -0.521. The Morgan fingerprint density at radius 2 is 2.00 bits per heavy atom. The number of rotatable bonds is 3. The normalized spacial score (nSPS) is 16.7. The van der Waals surface area contributed by atoms with Gasteiger partial charge in [0.25, 0.3) is 5.91 Å². The molecule has 1 atom stereocenters. The van der Waals surface area contributed by atoms with Gasteiger partial charge in [0.1, 0.15) is 6.04 Å². The van der Waals surface area contributed by atoms with E-state index in [1.165, 1.54) is 6.07 Å². The molecule has 2 heterocycles. The van der Waals surface area contributed by atoms with Gasteiger partial charge in [-0.3, -0.25) is 14.7 Å². The van der Waals surface area contributed by atoms with Gasteiger partial charge in [-0.1, -0.05) is 23.2 Å². The van der Waals surface area contributed by atoms with Crippen molar-refractivity contribution in [3.05, 3.63) is 58.2 Å². The Bertz CT molecular complexity index is 1030. The average molecular weight is 403 g/mol. The second-order valence-electron chi connectivity index (χ2n) is 6.45. The van der Waals surface area contributed by atoms with Crippen LogP contribution >= 0.6 is 23.2 Å². The lowest BCUT2D eigenvalue weighted by atomic mass is 10.1. The molecule has 1 unspecified atom stereocenters. The van der Waals surface area contributed by atoms with Crippen molar-refractivity contribution in [3.63, 3.8) is 0 Å². The van der Waals surface area contributed by atoms with Gasteiger partial charge in [0.05, 0.1) is 21.8 Å². The molecule has 2 amide bonds. The minimum absolute atomic E-state index is 0.205. The Morgan fingerprint density at radius 3 is 2.81 bits per heavy atom. The number of carbonyl (C=O) groups excluding carboxylic acids is 2. The number of benzene rings is 2. The summed E-state index contributed by atoms with van der Waals surface area (Å²) in [5.74, 6) is -0.430. The first-order chi connectivity index (χ1) is 13.0. The van der Waals surface area contributed by atoms with Crippen molar-refractivity contribution < 1.29 is 9.59 Å². The number of aromatic nitrogens is 2. The summed E-state index contributed by atoms with van der Waals surface area (Å²) in [6.07, 6.45) is 3.08. The van der Waals surface area contributed by atoms with Gasteiger partial charge in [-0.15, -0.1) is 0 Å². The largest absolute Gasteiger partial charge is 0.327 e. The molecule has 6 nitrogen and oxygen atoms in total. The zero-order valence-corrected chi connectivity index (χ0v) is 15.7. The Kier molecular flexibility index (Phi) is 4.76. The first-order valence-corrected chi connectivity index (χ1v) is 9.28. The van der Waals surface area contributed by atoms with Crippen molar-refractivity contribution in [1.82, 2.24) is 15.1 Å². The van der Waals surface area contributed by atoms with E-state index in [0.717, 1.165) is 17.3 Å². The number of nitrogens with one attached hydrogen (secondary N) is 2. The number of carbonyl (C=O) groups is 2. The summed E-state index contributed by atoms with van der Waals surface area (Å²) in [6.45, 7) is 0.526. The van der Waals surface area contributed by atoms with E-state index in [0.29, 0.717) is 34.3 Å². The van der Waals surface area contributed by atoms with Gasteiger partial charge in [0, 0.05) is 23.2 Å². The maximum absolute atomic E-state index is 12.8. The number of H-pyrrole nitrogens is 1. The molecular weight excluding hydrogens is 387 g/mol. The van der Waals surface area contributed by atoms with Crippen molar-refractivity contribution in [1.29, 1.82) is 0 Å². The predicted octanol–water partition coefficient (Wildman–Crippen LogP) is 4.11. The van der Waals surface area contributed by atoms with Gasteiger partial charge in [0.15, 0.2) is 0 Å². The van der Waals surface area contributed by atoms with Gasteiger partial charge < -0.3 is 10.2 Å². The third-order valence-corrected chi connectivity index (χ3v) is 5.43. The van der Waals surface area contributed by atoms with Gasteiger partial charge in [-0.25, -0.2) is 0 Å². The van der Waals surface area contributed by atoms with E-state index in [1.807, 2.05) is 12.1 Å². The highest BCUT2D eigenvalue weighted by Crippen LogP contribution is 2.26. The van der Waals surface area contributed by atoms with Crippen LogP contribution in [0.3, 0.4) is 0 Å². The second-order valence-corrected chi connectivity index (χ2v) is 7.26. The zero-order valence-electron chi connectivity index (χ0n) is 14.2. The fourth-order valence-corrected chi connectivity index (χ4v) is 3.62. The lowest BCUT2D eigenvalue weighted by Gasteiger charge is -2.24. The summed E-state index contributed by atoms with van der Waals surface area (Å²) >= 11 is 11.9.